The molecule has 32 heavy (non-hydrogen) atoms. The fraction of sp³-hybridized carbons (Fsp3) is 0.120. The van der Waals surface area contributed by atoms with Crippen molar-refractivity contribution in [3.63, 3.8) is 0 Å². The van der Waals surface area contributed by atoms with E-state index in [1.54, 1.807) is 66.7 Å². The van der Waals surface area contributed by atoms with Gasteiger partial charge >= 0.3 is 11.6 Å². The van der Waals surface area contributed by atoms with Crippen LogP contribution in [0.3, 0.4) is 0 Å². The molecule has 0 fully saturated rings. The summed E-state index contributed by atoms with van der Waals surface area (Å²) in [6, 6.07) is 20.3. The molecule has 1 heterocycles. The summed E-state index contributed by atoms with van der Waals surface area (Å²) in [5, 5.41) is 10.2. The number of hydrogen-bond acceptors (Lipinski definition) is 6. The molecule has 0 aliphatic carbocycles. The first-order chi connectivity index (χ1) is 15.5. The van der Waals surface area contributed by atoms with Gasteiger partial charge in [0.15, 0.2) is 11.5 Å². The first-order valence-corrected chi connectivity index (χ1v) is 9.75. The normalized spacial score (nSPS) is 11.7. The number of ether oxygens (including phenoxy) is 3. The quantitative estimate of drug-likeness (QED) is 0.424. The van der Waals surface area contributed by atoms with Crippen LogP contribution >= 0.6 is 0 Å². The smallest absolute Gasteiger partial charge is 0.349 e. The summed E-state index contributed by atoms with van der Waals surface area (Å²) >= 11 is 0. The van der Waals surface area contributed by atoms with Gasteiger partial charge in [-0.15, -0.1) is 0 Å². The first kappa shape index (κ1) is 21.0. The number of carboxylic acids is 1. The van der Waals surface area contributed by atoms with Crippen molar-refractivity contribution in [3.05, 3.63) is 88.8 Å². The second-order valence-electron chi connectivity index (χ2n) is 6.96. The lowest BCUT2D eigenvalue weighted by Gasteiger charge is -2.15. The molecule has 4 aromatic rings. The van der Waals surface area contributed by atoms with E-state index in [0.717, 1.165) is 0 Å². The van der Waals surface area contributed by atoms with E-state index in [9.17, 15) is 14.7 Å². The van der Waals surface area contributed by atoms with E-state index in [0.29, 0.717) is 33.6 Å². The van der Waals surface area contributed by atoms with Gasteiger partial charge in [0, 0.05) is 17.0 Å². The Hall–Kier alpha value is -4.26. The summed E-state index contributed by atoms with van der Waals surface area (Å²) in [6.07, 6.45) is -1.19. The third-order valence-electron chi connectivity index (χ3n) is 4.98. The highest BCUT2D eigenvalue weighted by Crippen LogP contribution is 2.33. The first-order valence-electron chi connectivity index (χ1n) is 9.75. The van der Waals surface area contributed by atoms with Crippen LogP contribution < -0.4 is 19.8 Å². The topological polar surface area (TPSA) is 95.2 Å². The summed E-state index contributed by atoms with van der Waals surface area (Å²) in [4.78, 5) is 24.4. The molecule has 0 aliphatic rings. The van der Waals surface area contributed by atoms with Gasteiger partial charge in [-0.2, -0.15) is 0 Å². The summed E-state index contributed by atoms with van der Waals surface area (Å²) in [5.74, 6) is 0.195. The average molecular weight is 432 g/mol. The molecule has 1 N–H and O–H groups in total. The standard InChI is InChI=1S/C25H20O7/c1-29-20-11-9-16(13-22(20)30-2)19-12-17-8-10-18(14-21(17)32-25(19)28)31-23(24(26)27)15-6-4-3-5-7-15/h3-14,23H,1-2H3,(H,26,27)/t23-/m1/s1. The zero-order valence-electron chi connectivity index (χ0n) is 17.4. The molecular weight excluding hydrogens is 412 g/mol. The van der Waals surface area contributed by atoms with Crippen LogP contribution in [0.2, 0.25) is 0 Å². The van der Waals surface area contributed by atoms with Gasteiger partial charge < -0.3 is 23.7 Å². The third-order valence-corrected chi connectivity index (χ3v) is 4.98. The van der Waals surface area contributed by atoms with Crippen molar-refractivity contribution in [1.29, 1.82) is 0 Å². The van der Waals surface area contributed by atoms with Gasteiger partial charge in [-0.25, -0.2) is 9.59 Å². The van der Waals surface area contributed by atoms with Crippen molar-refractivity contribution >= 4 is 16.9 Å². The number of methoxy groups -OCH3 is 2. The summed E-state index contributed by atoms with van der Waals surface area (Å²) in [6.45, 7) is 0. The van der Waals surface area contributed by atoms with Gasteiger partial charge in [-0.05, 0) is 35.9 Å². The van der Waals surface area contributed by atoms with Crippen LogP contribution in [-0.4, -0.2) is 25.3 Å². The van der Waals surface area contributed by atoms with Gasteiger partial charge in [0.25, 0.3) is 0 Å². The van der Waals surface area contributed by atoms with Crippen molar-refractivity contribution in [2.24, 2.45) is 0 Å². The van der Waals surface area contributed by atoms with Crippen LogP contribution in [0.25, 0.3) is 22.1 Å². The highest BCUT2D eigenvalue weighted by Gasteiger charge is 2.22. The van der Waals surface area contributed by atoms with Crippen molar-refractivity contribution in [1.82, 2.24) is 0 Å². The van der Waals surface area contributed by atoms with E-state index in [-0.39, 0.29) is 11.3 Å². The highest BCUT2D eigenvalue weighted by atomic mass is 16.5. The van der Waals surface area contributed by atoms with Gasteiger partial charge in [0.05, 0.1) is 19.8 Å². The number of aliphatic carboxylic acids is 1. The van der Waals surface area contributed by atoms with Crippen molar-refractivity contribution in [3.8, 4) is 28.4 Å². The maximum atomic E-state index is 12.7. The van der Waals surface area contributed by atoms with Gasteiger partial charge in [-0.3, -0.25) is 0 Å². The zero-order valence-corrected chi connectivity index (χ0v) is 17.4. The number of rotatable bonds is 7. The van der Waals surface area contributed by atoms with E-state index in [1.807, 2.05) is 0 Å². The molecule has 0 radical (unpaired) electrons. The van der Waals surface area contributed by atoms with Crippen LogP contribution in [0.4, 0.5) is 0 Å². The minimum absolute atomic E-state index is 0.274. The molecule has 0 spiro atoms. The monoisotopic (exact) mass is 432 g/mol. The van der Waals surface area contributed by atoms with Crippen molar-refractivity contribution in [2.75, 3.05) is 14.2 Å². The number of carboxylic acid groups (broad SMARTS) is 1. The van der Waals surface area contributed by atoms with Crippen LogP contribution in [0.5, 0.6) is 17.2 Å². The van der Waals surface area contributed by atoms with Crippen LogP contribution in [0, 0.1) is 0 Å². The van der Waals surface area contributed by atoms with Gasteiger partial charge in [0.1, 0.15) is 11.3 Å². The van der Waals surface area contributed by atoms with E-state index >= 15 is 0 Å². The predicted molar refractivity (Wildman–Crippen MR) is 118 cm³/mol. The maximum absolute atomic E-state index is 12.7. The molecule has 0 amide bonds. The van der Waals surface area contributed by atoms with E-state index in [1.165, 1.54) is 20.3 Å². The summed E-state index contributed by atoms with van der Waals surface area (Å²) in [7, 11) is 3.06. The molecule has 4 rings (SSSR count). The molecule has 0 bridgehead atoms. The molecule has 1 atom stereocenters. The Labute approximate surface area is 183 Å². The molecule has 7 nitrogen and oxygen atoms in total. The number of carbonyl (C=O) groups is 1. The lowest BCUT2D eigenvalue weighted by atomic mass is 10.1. The Kier molecular flexibility index (Phi) is 5.81. The molecule has 1 aromatic heterocycles. The van der Waals surface area contributed by atoms with Crippen LogP contribution in [-0.2, 0) is 4.79 Å². The maximum Gasteiger partial charge on any atom is 0.349 e. The fourth-order valence-corrected chi connectivity index (χ4v) is 3.39. The molecule has 7 heteroatoms. The van der Waals surface area contributed by atoms with E-state index in [4.69, 9.17) is 18.6 Å². The molecular formula is C25H20O7. The predicted octanol–water partition coefficient (Wildman–Crippen LogP) is 4.68. The van der Waals surface area contributed by atoms with Gasteiger partial charge in [0.2, 0.25) is 6.10 Å². The Balaban J connectivity index is 1.69. The molecule has 3 aromatic carbocycles. The molecule has 162 valence electrons. The minimum Gasteiger partial charge on any atom is -0.493 e. The molecule has 0 saturated carbocycles. The van der Waals surface area contributed by atoms with E-state index in [2.05, 4.69) is 0 Å². The second-order valence-corrected chi connectivity index (χ2v) is 6.96. The Bertz CT molecular complexity index is 1330. The van der Waals surface area contributed by atoms with Crippen molar-refractivity contribution in [2.45, 2.75) is 6.10 Å². The Morgan fingerprint density at radius 2 is 1.66 bits per heavy atom. The molecule has 0 unspecified atom stereocenters. The lowest BCUT2D eigenvalue weighted by Crippen LogP contribution is -2.18. The number of benzene rings is 3. The lowest BCUT2D eigenvalue weighted by molar-refractivity contribution is -0.145. The SMILES string of the molecule is COc1ccc(-c2cc3ccc(O[C@@H](C(=O)O)c4ccccc4)cc3oc2=O)cc1OC. The van der Waals surface area contributed by atoms with E-state index < -0.39 is 17.7 Å². The highest BCUT2D eigenvalue weighted by molar-refractivity contribution is 5.83. The van der Waals surface area contributed by atoms with Gasteiger partial charge in [-0.1, -0.05) is 36.4 Å². The van der Waals surface area contributed by atoms with Crippen LogP contribution in [0.1, 0.15) is 11.7 Å². The van der Waals surface area contributed by atoms with Crippen molar-refractivity contribution < 1.29 is 28.5 Å². The van der Waals surface area contributed by atoms with Crippen LogP contribution in [0.15, 0.2) is 82.0 Å². The fourth-order valence-electron chi connectivity index (χ4n) is 3.39. The minimum atomic E-state index is -1.19. The molecule has 0 saturated heterocycles. The third kappa shape index (κ3) is 4.13. The summed E-state index contributed by atoms with van der Waals surface area (Å²) in [5.41, 5.74) is 1.23. The zero-order chi connectivity index (χ0) is 22.7. The largest absolute Gasteiger partial charge is 0.493 e. The Morgan fingerprint density at radius 3 is 2.34 bits per heavy atom. The average Bonchev–Trinajstić information content (AvgIpc) is 2.81. The number of fused-ring (bicyclic) bond motifs is 1. The Morgan fingerprint density at radius 1 is 0.906 bits per heavy atom. The second kappa shape index (κ2) is 8.85. The summed E-state index contributed by atoms with van der Waals surface area (Å²) < 4.78 is 21.8. The molecule has 0 aliphatic heterocycles. The number of hydrogen-bond donors (Lipinski definition) is 1.